The summed E-state index contributed by atoms with van der Waals surface area (Å²) in [5, 5.41) is 3.02. The van der Waals surface area contributed by atoms with E-state index < -0.39 is 0 Å². The van der Waals surface area contributed by atoms with Crippen LogP contribution in [0.15, 0.2) is 24.3 Å². The van der Waals surface area contributed by atoms with Gasteiger partial charge in [-0.25, -0.2) is 4.39 Å². The van der Waals surface area contributed by atoms with Crippen molar-refractivity contribution in [1.29, 1.82) is 0 Å². The third kappa shape index (κ3) is 6.33. The molecule has 1 N–H and O–H groups in total. The van der Waals surface area contributed by atoms with Crippen LogP contribution in [0.5, 0.6) is 0 Å². The third-order valence-corrected chi connectivity index (χ3v) is 5.01. The molecule has 0 saturated carbocycles. The minimum atomic E-state index is -0.299. The van der Waals surface area contributed by atoms with E-state index in [4.69, 9.17) is 0 Å². The van der Waals surface area contributed by atoms with Gasteiger partial charge in [-0.3, -0.25) is 9.59 Å². The van der Waals surface area contributed by atoms with E-state index in [-0.39, 0.29) is 34.9 Å². The first-order valence-electron chi connectivity index (χ1n) is 9.88. The minimum Gasteiger partial charge on any atom is -0.356 e. The molecule has 27 heavy (non-hydrogen) atoms. The molecule has 0 aromatic heterocycles. The van der Waals surface area contributed by atoms with Gasteiger partial charge in [0.05, 0.1) is 5.92 Å². The summed E-state index contributed by atoms with van der Waals surface area (Å²) in [6.45, 7) is 11.9. The highest BCUT2D eigenvalue weighted by molar-refractivity contribution is 5.83. The summed E-state index contributed by atoms with van der Waals surface area (Å²) in [4.78, 5) is 27.3. The fourth-order valence-electron chi connectivity index (χ4n) is 3.50. The van der Waals surface area contributed by atoms with Gasteiger partial charge in [-0.1, -0.05) is 46.8 Å². The van der Waals surface area contributed by atoms with Crippen molar-refractivity contribution < 1.29 is 14.0 Å². The molecule has 0 aliphatic carbocycles. The predicted molar refractivity (Wildman–Crippen MR) is 106 cm³/mol. The van der Waals surface area contributed by atoms with Crippen molar-refractivity contribution in [2.45, 2.75) is 53.4 Å². The van der Waals surface area contributed by atoms with Crippen molar-refractivity contribution in [1.82, 2.24) is 10.2 Å². The SMILES string of the molecule is CC(C)CCNC(=O)[C@@H]1CN(C(=O)CC(C)(C)C)C[C@H]1c1ccc(F)cc1. The zero-order valence-corrected chi connectivity index (χ0v) is 17.2. The maximum Gasteiger partial charge on any atom is 0.225 e. The van der Waals surface area contributed by atoms with Crippen LogP contribution in [0, 0.1) is 23.1 Å². The molecule has 5 heteroatoms. The van der Waals surface area contributed by atoms with E-state index in [0.29, 0.717) is 32.0 Å². The second kappa shape index (κ2) is 8.85. The van der Waals surface area contributed by atoms with Crippen molar-refractivity contribution in [3.05, 3.63) is 35.6 Å². The van der Waals surface area contributed by atoms with Gasteiger partial charge in [0.1, 0.15) is 5.82 Å². The summed E-state index contributed by atoms with van der Waals surface area (Å²) in [5.41, 5.74) is 0.812. The van der Waals surface area contributed by atoms with Gasteiger partial charge in [0.2, 0.25) is 11.8 Å². The van der Waals surface area contributed by atoms with Crippen LogP contribution >= 0.6 is 0 Å². The first kappa shape index (κ1) is 21.4. The maximum atomic E-state index is 13.3. The van der Waals surface area contributed by atoms with Gasteiger partial charge >= 0.3 is 0 Å². The molecule has 1 fully saturated rings. The number of likely N-dealkylation sites (tertiary alicyclic amines) is 1. The number of nitrogens with zero attached hydrogens (tertiary/aromatic N) is 1. The van der Waals surface area contributed by atoms with Crippen molar-refractivity contribution in [3.8, 4) is 0 Å². The van der Waals surface area contributed by atoms with Crippen LogP contribution in [0.1, 0.15) is 58.9 Å². The number of carbonyl (C=O) groups is 2. The molecule has 1 aromatic rings. The Morgan fingerprint density at radius 1 is 1.19 bits per heavy atom. The minimum absolute atomic E-state index is 0.0176. The van der Waals surface area contributed by atoms with Crippen LogP contribution < -0.4 is 5.32 Å². The van der Waals surface area contributed by atoms with Gasteiger partial charge in [-0.2, -0.15) is 0 Å². The zero-order chi connectivity index (χ0) is 20.2. The van der Waals surface area contributed by atoms with Crippen molar-refractivity contribution in [2.24, 2.45) is 17.3 Å². The van der Waals surface area contributed by atoms with E-state index in [9.17, 15) is 14.0 Å². The second-order valence-corrected chi connectivity index (χ2v) is 9.27. The molecule has 2 rings (SSSR count). The molecule has 0 bridgehead atoms. The van der Waals surface area contributed by atoms with E-state index in [1.807, 2.05) is 20.8 Å². The average molecular weight is 377 g/mol. The van der Waals surface area contributed by atoms with Gasteiger partial charge in [-0.05, 0) is 35.4 Å². The van der Waals surface area contributed by atoms with E-state index in [2.05, 4.69) is 19.2 Å². The Hall–Kier alpha value is -1.91. The monoisotopic (exact) mass is 376 g/mol. The average Bonchev–Trinajstić information content (AvgIpc) is 2.99. The van der Waals surface area contributed by atoms with E-state index in [1.54, 1.807) is 17.0 Å². The third-order valence-electron chi connectivity index (χ3n) is 5.01. The number of benzene rings is 1. The molecule has 2 amide bonds. The Morgan fingerprint density at radius 2 is 1.81 bits per heavy atom. The summed E-state index contributed by atoms with van der Waals surface area (Å²) in [6.07, 6.45) is 1.37. The molecule has 1 heterocycles. The molecular weight excluding hydrogens is 343 g/mol. The Labute approximate surface area is 162 Å². The topological polar surface area (TPSA) is 49.4 Å². The van der Waals surface area contributed by atoms with E-state index in [0.717, 1.165) is 12.0 Å². The smallest absolute Gasteiger partial charge is 0.225 e. The molecule has 150 valence electrons. The van der Waals surface area contributed by atoms with Crippen LogP contribution in [-0.4, -0.2) is 36.3 Å². The van der Waals surface area contributed by atoms with Crippen LogP contribution in [-0.2, 0) is 9.59 Å². The number of rotatable bonds is 6. The summed E-state index contributed by atoms with van der Waals surface area (Å²) in [5.74, 6) is -0.120. The van der Waals surface area contributed by atoms with Crippen molar-refractivity contribution in [2.75, 3.05) is 19.6 Å². The van der Waals surface area contributed by atoms with Gasteiger partial charge in [0.25, 0.3) is 0 Å². The maximum absolute atomic E-state index is 13.3. The highest BCUT2D eigenvalue weighted by Gasteiger charge is 2.40. The first-order valence-corrected chi connectivity index (χ1v) is 9.88. The largest absolute Gasteiger partial charge is 0.356 e. The highest BCUT2D eigenvalue weighted by atomic mass is 19.1. The normalized spacial score (nSPS) is 20.2. The molecule has 1 aliphatic rings. The molecule has 1 aromatic carbocycles. The number of carbonyl (C=O) groups excluding carboxylic acids is 2. The number of amides is 2. The van der Waals surface area contributed by atoms with Gasteiger partial charge in [-0.15, -0.1) is 0 Å². The summed E-state index contributed by atoms with van der Waals surface area (Å²) < 4.78 is 13.3. The molecule has 0 unspecified atom stereocenters. The second-order valence-electron chi connectivity index (χ2n) is 9.27. The van der Waals surface area contributed by atoms with Crippen LogP contribution in [0.25, 0.3) is 0 Å². The van der Waals surface area contributed by atoms with Gasteiger partial charge in [0.15, 0.2) is 0 Å². The Balaban J connectivity index is 2.15. The molecular formula is C22H33FN2O2. The van der Waals surface area contributed by atoms with E-state index in [1.165, 1.54) is 12.1 Å². The lowest BCUT2D eigenvalue weighted by Crippen LogP contribution is -2.36. The first-order chi connectivity index (χ1) is 12.6. The standard InChI is InChI=1S/C22H33FN2O2/c1-15(2)10-11-24-21(27)19-14-25(20(26)12-22(3,4)5)13-18(19)16-6-8-17(23)9-7-16/h6-9,15,18-19H,10-14H2,1-5H3,(H,24,27)/t18-,19+/m0/s1. The van der Waals surface area contributed by atoms with Crippen LogP contribution in [0.4, 0.5) is 4.39 Å². The van der Waals surface area contributed by atoms with Crippen LogP contribution in [0.3, 0.4) is 0 Å². The Bertz CT molecular complexity index is 649. The molecule has 2 atom stereocenters. The van der Waals surface area contributed by atoms with Gasteiger partial charge < -0.3 is 10.2 Å². The summed E-state index contributed by atoms with van der Waals surface area (Å²) in [6, 6.07) is 6.30. The van der Waals surface area contributed by atoms with Crippen molar-refractivity contribution in [3.63, 3.8) is 0 Å². The number of hydrogen-bond acceptors (Lipinski definition) is 2. The zero-order valence-electron chi connectivity index (χ0n) is 17.2. The lowest BCUT2D eigenvalue weighted by molar-refractivity contribution is -0.132. The lowest BCUT2D eigenvalue weighted by atomic mass is 9.88. The molecule has 0 radical (unpaired) electrons. The Morgan fingerprint density at radius 3 is 2.37 bits per heavy atom. The molecule has 1 aliphatic heterocycles. The summed E-state index contributed by atoms with van der Waals surface area (Å²) in [7, 11) is 0. The number of hydrogen-bond donors (Lipinski definition) is 1. The quantitative estimate of drug-likeness (QED) is 0.817. The van der Waals surface area contributed by atoms with Crippen molar-refractivity contribution >= 4 is 11.8 Å². The lowest BCUT2D eigenvalue weighted by Gasteiger charge is -2.23. The Kier molecular flexibility index (Phi) is 7.01. The number of halogens is 1. The fraction of sp³-hybridized carbons (Fsp3) is 0.636. The number of nitrogens with one attached hydrogen (secondary N) is 1. The molecule has 4 nitrogen and oxygen atoms in total. The van der Waals surface area contributed by atoms with Gasteiger partial charge in [0, 0.05) is 32.0 Å². The molecule has 0 spiro atoms. The van der Waals surface area contributed by atoms with Crippen LogP contribution in [0.2, 0.25) is 0 Å². The molecule has 1 saturated heterocycles. The fourth-order valence-corrected chi connectivity index (χ4v) is 3.50. The van der Waals surface area contributed by atoms with E-state index >= 15 is 0 Å². The highest BCUT2D eigenvalue weighted by Crippen LogP contribution is 2.34. The summed E-state index contributed by atoms with van der Waals surface area (Å²) >= 11 is 0. The predicted octanol–water partition coefficient (Wildman–Crippen LogP) is 3.97.